The van der Waals surface area contributed by atoms with Crippen LogP contribution in [0.5, 0.6) is 17.5 Å². The lowest BCUT2D eigenvalue weighted by Crippen LogP contribution is -2.12. The molecular formula is C24H20N4O3. The van der Waals surface area contributed by atoms with Crippen molar-refractivity contribution < 1.29 is 14.3 Å². The van der Waals surface area contributed by atoms with Crippen LogP contribution in [0.3, 0.4) is 0 Å². The average Bonchev–Trinajstić information content (AvgIpc) is 2.82. The third-order valence-electron chi connectivity index (χ3n) is 4.57. The second kappa shape index (κ2) is 9.04. The number of hydrogen-bond donors (Lipinski definition) is 1. The molecule has 1 amide bonds. The van der Waals surface area contributed by atoms with Crippen LogP contribution >= 0.6 is 0 Å². The SMILES string of the molecule is COc1cccc(C(=O)Nc2ccc(C)c(Oc3nccc(-c4cccnc4)n3)c2)c1. The Morgan fingerprint density at radius 3 is 2.71 bits per heavy atom. The van der Waals surface area contributed by atoms with Crippen LogP contribution in [-0.2, 0) is 0 Å². The highest BCUT2D eigenvalue weighted by Crippen LogP contribution is 2.28. The summed E-state index contributed by atoms with van der Waals surface area (Å²) >= 11 is 0. The standard InChI is InChI=1S/C24H20N4O3/c1-16-8-9-19(27-23(29)17-5-3-7-20(13-17)30-2)14-22(16)31-24-26-12-10-21(28-24)18-6-4-11-25-15-18/h3-15H,1-2H3,(H,27,29). The van der Waals surface area contributed by atoms with Gasteiger partial charge in [-0.3, -0.25) is 9.78 Å². The lowest BCUT2D eigenvalue weighted by Gasteiger charge is -2.11. The Bertz CT molecular complexity index is 1210. The zero-order valence-electron chi connectivity index (χ0n) is 17.1. The second-order valence-corrected chi connectivity index (χ2v) is 6.73. The maximum absolute atomic E-state index is 12.6. The van der Waals surface area contributed by atoms with Gasteiger partial charge in [0.15, 0.2) is 0 Å². The summed E-state index contributed by atoms with van der Waals surface area (Å²) in [6, 6.07) is 18.1. The number of anilines is 1. The van der Waals surface area contributed by atoms with Crippen LogP contribution in [-0.4, -0.2) is 28.0 Å². The van der Waals surface area contributed by atoms with Crippen molar-refractivity contribution >= 4 is 11.6 Å². The van der Waals surface area contributed by atoms with Gasteiger partial charge >= 0.3 is 6.01 Å². The summed E-state index contributed by atoms with van der Waals surface area (Å²) in [5, 5.41) is 2.88. The number of nitrogens with zero attached hydrogens (tertiary/aromatic N) is 3. The highest BCUT2D eigenvalue weighted by atomic mass is 16.5. The molecule has 0 unspecified atom stereocenters. The maximum atomic E-state index is 12.6. The fourth-order valence-electron chi connectivity index (χ4n) is 2.92. The van der Waals surface area contributed by atoms with Crippen molar-refractivity contribution in [2.75, 3.05) is 12.4 Å². The van der Waals surface area contributed by atoms with Gasteiger partial charge in [-0.25, -0.2) is 4.98 Å². The van der Waals surface area contributed by atoms with Gasteiger partial charge in [0.05, 0.1) is 12.8 Å². The number of carbonyl (C=O) groups is 1. The summed E-state index contributed by atoms with van der Waals surface area (Å²) in [6.45, 7) is 1.91. The van der Waals surface area contributed by atoms with Crippen LogP contribution in [0, 0.1) is 6.92 Å². The van der Waals surface area contributed by atoms with Crippen molar-refractivity contribution in [3.8, 4) is 28.8 Å². The van der Waals surface area contributed by atoms with Crippen molar-refractivity contribution in [2.45, 2.75) is 6.92 Å². The first-order valence-electron chi connectivity index (χ1n) is 9.60. The number of ether oxygens (including phenoxy) is 2. The molecule has 7 nitrogen and oxygen atoms in total. The molecule has 154 valence electrons. The van der Waals surface area contributed by atoms with E-state index in [1.54, 1.807) is 62.1 Å². The first-order valence-corrected chi connectivity index (χ1v) is 9.60. The predicted molar refractivity (Wildman–Crippen MR) is 117 cm³/mol. The Labute approximate surface area is 179 Å². The summed E-state index contributed by atoms with van der Waals surface area (Å²) < 4.78 is 11.1. The van der Waals surface area contributed by atoms with Gasteiger partial charge < -0.3 is 14.8 Å². The van der Waals surface area contributed by atoms with Gasteiger partial charge in [-0.1, -0.05) is 12.1 Å². The zero-order valence-corrected chi connectivity index (χ0v) is 17.1. The fourth-order valence-corrected chi connectivity index (χ4v) is 2.92. The van der Waals surface area contributed by atoms with Crippen LogP contribution in [0.2, 0.25) is 0 Å². The summed E-state index contributed by atoms with van der Waals surface area (Å²) in [6.07, 6.45) is 5.07. The van der Waals surface area contributed by atoms with Crippen LogP contribution in [0.15, 0.2) is 79.3 Å². The molecule has 0 atom stereocenters. The van der Waals surface area contributed by atoms with Gasteiger partial charge in [-0.05, 0) is 55.0 Å². The number of hydrogen-bond acceptors (Lipinski definition) is 6. The minimum absolute atomic E-state index is 0.209. The molecule has 0 saturated carbocycles. The number of rotatable bonds is 6. The molecule has 2 heterocycles. The van der Waals surface area contributed by atoms with Crippen molar-refractivity contribution in [1.29, 1.82) is 0 Å². The number of nitrogens with one attached hydrogen (secondary N) is 1. The summed E-state index contributed by atoms with van der Waals surface area (Å²) in [5.74, 6) is 0.918. The molecule has 1 N–H and O–H groups in total. The van der Waals surface area contributed by atoms with E-state index >= 15 is 0 Å². The average molecular weight is 412 g/mol. The largest absolute Gasteiger partial charge is 0.497 e. The summed E-state index contributed by atoms with van der Waals surface area (Å²) in [4.78, 5) is 25.4. The number of aromatic nitrogens is 3. The van der Waals surface area contributed by atoms with Gasteiger partial charge in [0.2, 0.25) is 0 Å². The molecule has 0 fully saturated rings. The van der Waals surface area contributed by atoms with Gasteiger partial charge in [0.25, 0.3) is 5.91 Å². The highest BCUT2D eigenvalue weighted by molar-refractivity contribution is 6.04. The Morgan fingerprint density at radius 2 is 1.90 bits per heavy atom. The first-order chi connectivity index (χ1) is 15.1. The van der Waals surface area contributed by atoms with Crippen LogP contribution in [0.25, 0.3) is 11.3 Å². The highest BCUT2D eigenvalue weighted by Gasteiger charge is 2.11. The van der Waals surface area contributed by atoms with E-state index in [4.69, 9.17) is 9.47 Å². The molecular weight excluding hydrogens is 392 g/mol. The quantitative estimate of drug-likeness (QED) is 0.485. The van der Waals surface area contributed by atoms with Gasteiger partial charge in [0.1, 0.15) is 11.5 Å². The molecule has 0 aliphatic rings. The van der Waals surface area contributed by atoms with Crippen molar-refractivity contribution in [3.63, 3.8) is 0 Å². The Morgan fingerprint density at radius 1 is 1.00 bits per heavy atom. The van der Waals surface area contributed by atoms with Crippen molar-refractivity contribution in [1.82, 2.24) is 15.0 Å². The van der Waals surface area contributed by atoms with Crippen molar-refractivity contribution in [2.24, 2.45) is 0 Å². The molecule has 0 aliphatic carbocycles. The lowest BCUT2D eigenvalue weighted by molar-refractivity contribution is 0.102. The Hall–Kier alpha value is -4.26. The summed E-state index contributed by atoms with van der Waals surface area (Å²) in [5.41, 5.74) is 3.55. The lowest BCUT2D eigenvalue weighted by atomic mass is 10.1. The molecule has 0 spiro atoms. The van der Waals surface area contributed by atoms with E-state index in [2.05, 4.69) is 20.3 Å². The van der Waals surface area contributed by atoms with E-state index in [-0.39, 0.29) is 11.9 Å². The minimum atomic E-state index is -0.247. The molecule has 0 radical (unpaired) electrons. The van der Waals surface area contributed by atoms with Gasteiger partial charge in [0, 0.05) is 41.5 Å². The van der Waals surface area contributed by atoms with E-state index in [0.29, 0.717) is 28.4 Å². The Balaban J connectivity index is 1.54. The molecule has 4 aromatic rings. The van der Waals surface area contributed by atoms with Gasteiger partial charge in [-0.15, -0.1) is 0 Å². The van der Waals surface area contributed by atoms with Crippen LogP contribution in [0.1, 0.15) is 15.9 Å². The van der Waals surface area contributed by atoms with Gasteiger partial charge in [-0.2, -0.15) is 4.98 Å². The first kappa shape index (κ1) is 20.0. The topological polar surface area (TPSA) is 86.2 Å². The fraction of sp³-hybridized carbons (Fsp3) is 0.0833. The molecule has 31 heavy (non-hydrogen) atoms. The third kappa shape index (κ3) is 4.84. The van der Waals surface area contributed by atoms with E-state index in [1.807, 2.05) is 31.2 Å². The molecule has 2 aromatic carbocycles. The number of aryl methyl sites for hydroxylation is 1. The minimum Gasteiger partial charge on any atom is -0.497 e. The second-order valence-electron chi connectivity index (χ2n) is 6.73. The molecule has 4 rings (SSSR count). The zero-order chi connectivity index (χ0) is 21.6. The molecule has 0 saturated heterocycles. The Kier molecular flexibility index (Phi) is 5.84. The van der Waals surface area contributed by atoms with Crippen LogP contribution in [0.4, 0.5) is 5.69 Å². The monoisotopic (exact) mass is 412 g/mol. The number of carbonyl (C=O) groups excluding carboxylic acids is 1. The van der Waals surface area contributed by atoms with E-state index in [9.17, 15) is 4.79 Å². The molecule has 7 heteroatoms. The van der Waals surface area contributed by atoms with Crippen LogP contribution < -0.4 is 14.8 Å². The number of benzene rings is 2. The third-order valence-corrected chi connectivity index (χ3v) is 4.57. The summed E-state index contributed by atoms with van der Waals surface area (Å²) in [7, 11) is 1.56. The predicted octanol–water partition coefficient (Wildman–Crippen LogP) is 4.90. The van der Waals surface area contributed by atoms with E-state index < -0.39 is 0 Å². The maximum Gasteiger partial charge on any atom is 0.322 e. The van der Waals surface area contributed by atoms with E-state index in [0.717, 1.165) is 11.1 Å². The van der Waals surface area contributed by atoms with Crippen molar-refractivity contribution in [3.05, 3.63) is 90.4 Å². The molecule has 0 bridgehead atoms. The number of pyridine rings is 1. The van der Waals surface area contributed by atoms with E-state index in [1.165, 1.54) is 0 Å². The normalized spacial score (nSPS) is 10.4. The smallest absolute Gasteiger partial charge is 0.322 e. The number of methoxy groups -OCH3 is 1. The molecule has 2 aromatic heterocycles. The number of amides is 1. The molecule has 0 aliphatic heterocycles.